The maximum Gasteiger partial charge on any atom is 0.120 e. The van der Waals surface area contributed by atoms with Gasteiger partial charge in [-0.25, -0.2) is 0 Å². The third-order valence-corrected chi connectivity index (χ3v) is 2.06. The molecular weight excluding hydrogens is 188 g/mol. The van der Waals surface area contributed by atoms with E-state index < -0.39 is 5.60 Å². The summed E-state index contributed by atoms with van der Waals surface area (Å²) in [6.45, 7) is 3.35. The van der Waals surface area contributed by atoms with Crippen molar-refractivity contribution in [2.75, 3.05) is 0 Å². The van der Waals surface area contributed by atoms with E-state index in [1.165, 1.54) is 0 Å². The summed E-state index contributed by atoms with van der Waals surface area (Å²) in [5.41, 5.74) is -0.265. The third kappa shape index (κ3) is 2.90. The first-order valence-corrected chi connectivity index (χ1v) is 4.47. The van der Waals surface area contributed by atoms with Crippen LogP contribution < -0.4 is 0 Å². The van der Waals surface area contributed by atoms with E-state index in [2.05, 4.69) is 0 Å². The van der Waals surface area contributed by atoms with Crippen molar-refractivity contribution < 1.29 is 10.2 Å². The molecule has 0 heterocycles. The maximum absolute atomic E-state index is 9.55. The first-order valence-electron chi connectivity index (χ1n) is 4.09. The van der Waals surface area contributed by atoms with E-state index in [4.69, 9.17) is 11.6 Å². The normalized spacial score (nSPS) is 11.7. The fourth-order valence-corrected chi connectivity index (χ4v) is 1.39. The van der Waals surface area contributed by atoms with Crippen molar-refractivity contribution in [1.82, 2.24) is 0 Å². The molecule has 0 radical (unpaired) electrons. The smallest absolute Gasteiger partial charge is 0.120 e. The molecule has 0 aliphatic carbocycles. The zero-order valence-corrected chi connectivity index (χ0v) is 8.47. The predicted molar refractivity (Wildman–Crippen MR) is 53.1 cm³/mol. The third-order valence-electron chi connectivity index (χ3n) is 1.70. The Morgan fingerprint density at radius 1 is 1.38 bits per heavy atom. The predicted octanol–water partition coefficient (Wildman–Crippen LogP) is 2.36. The van der Waals surface area contributed by atoms with Crippen molar-refractivity contribution >= 4 is 11.6 Å². The lowest BCUT2D eigenvalue weighted by Crippen LogP contribution is -2.22. The van der Waals surface area contributed by atoms with E-state index in [1.807, 2.05) is 0 Å². The van der Waals surface area contributed by atoms with Gasteiger partial charge in [-0.3, -0.25) is 0 Å². The van der Waals surface area contributed by atoms with Gasteiger partial charge in [-0.15, -0.1) is 0 Å². The van der Waals surface area contributed by atoms with Crippen LogP contribution in [0.15, 0.2) is 18.2 Å². The SMILES string of the molecule is CC(C)(O)Cc1c(O)cccc1Cl. The van der Waals surface area contributed by atoms with Gasteiger partial charge in [-0.05, 0) is 26.0 Å². The molecule has 2 N–H and O–H groups in total. The highest BCUT2D eigenvalue weighted by Crippen LogP contribution is 2.28. The number of halogens is 1. The number of aromatic hydroxyl groups is 1. The molecule has 0 aliphatic heterocycles. The Kier molecular flexibility index (Phi) is 2.84. The van der Waals surface area contributed by atoms with Crippen LogP contribution in [0, 0.1) is 0 Å². The monoisotopic (exact) mass is 200 g/mol. The Bertz CT molecular complexity index is 282. The van der Waals surface area contributed by atoms with Crippen molar-refractivity contribution in [1.29, 1.82) is 0 Å². The average molecular weight is 201 g/mol. The Morgan fingerprint density at radius 3 is 2.46 bits per heavy atom. The molecule has 0 amide bonds. The average Bonchev–Trinajstić information content (AvgIpc) is 1.95. The van der Waals surface area contributed by atoms with Crippen LogP contribution in [0.3, 0.4) is 0 Å². The molecule has 0 aliphatic rings. The molecule has 1 aromatic rings. The molecule has 0 spiro atoms. The molecule has 0 saturated carbocycles. The highest BCUT2D eigenvalue weighted by molar-refractivity contribution is 6.31. The summed E-state index contributed by atoms with van der Waals surface area (Å²) in [5, 5.41) is 19.5. The van der Waals surface area contributed by atoms with E-state index >= 15 is 0 Å². The second kappa shape index (κ2) is 3.56. The molecule has 3 heteroatoms. The van der Waals surface area contributed by atoms with Gasteiger partial charge in [0.15, 0.2) is 0 Å². The largest absolute Gasteiger partial charge is 0.508 e. The molecule has 1 aromatic carbocycles. The van der Waals surface area contributed by atoms with Crippen molar-refractivity contribution in [3.63, 3.8) is 0 Å². The molecule has 0 saturated heterocycles. The maximum atomic E-state index is 9.55. The summed E-state index contributed by atoms with van der Waals surface area (Å²) in [5.74, 6) is 0.134. The topological polar surface area (TPSA) is 40.5 Å². The molecule has 0 fully saturated rings. The highest BCUT2D eigenvalue weighted by atomic mass is 35.5. The van der Waals surface area contributed by atoms with E-state index in [9.17, 15) is 10.2 Å². The highest BCUT2D eigenvalue weighted by Gasteiger charge is 2.17. The van der Waals surface area contributed by atoms with Crippen LogP contribution in [-0.2, 0) is 6.42 Å². The van der Waals surface area contributed by atoms with Crippen LogP contribution in [0.2, 0.25) is 5.02 Å². The Morgan fingerprint density at radius 2 is 2.00 bits per heavy atom. The minimum absolute atomic E-state index is 0.134. The van der Waals surface area contributed by atoms with E-state index in [0.29, 0.717) is 17.0 Å². The quantitative estimate of drug-likeness (QED) is 0.770. The number of benzene rings is 1. The van der Waals surface area contributed by atoms with Crippen LogP contribution in [0.5, 0.6) is 5.75 Å². The molecule has 1 rings (SSSR count). The van der Waals surface area contributed by atoms with Gasteiger partial charge >= 0.3 is 0 Å². The van der Waals surface area contributed by atoms with E-state index in [1.54, 1.807) is 32.0 Å². The second-order valence-electron chi connectivity index (χ2n) is 3.73. The lowest BCUT2D eigenvalue weighted by atomic mass is 9.98. The first-order chi connectivity index (χ1) is 5.90. The van der Waals surface area contributed by atoms with Crippen LogP contribution >= 0.6 is 11.6 Å². The zero-order chi connectivity index (χ0) is 10.1. The summed E-state index contributed by atoms with van der Waals surface area (Å²) < 4.78 is 0. The standard InChI is InChI=1S/C10H13ClO2/c1-10(2,13)6-7-8(11)4-3-5-9(7)12/h3-5,12-13H,6H2,1-2H3. The fraction of sp³-hybridized carbons (Fsp3) is 0.400. The molecule has 72 valence electrons. The van der Waals surface area contributed by atoms with Crippen LogP contribution in [0.4, 0.5) is 0 Å². The van der Waals surface area contributed by atoms with Gasteiger partial charge < -0.3 is 10.2 Å². The molecular formula is C10H13ClO2. The molecule has 0 unspecified atom stereocenters. The summed E-state index contributed by atoms with van der Waals surface area (Å²) in [7, 11) is 0. The molecule has 13 heavy (non-hydrogen) atoms. The Labute approximate surface area is 82.8 Å². The van der Waals surface area contributed by atoms with Crippen molar-refractivity contribution in [3.05, 3.63) is 28.8 Å². The second-order valence-corrected chi connectivity index (χ2v) is 4.13. The van der Waals surface area contributed by atoms with Crippen LogP contribution in [-0.4, -0.2) is 15.8 Å². The zero-order valence-electron chi connectivity index (χ0n) is 7.71. The number of phenols is 1. The van der Waals surface area contributed by atoms with Gasteiger partial charge in [0.05, 0.1) is 5.60 Å². The fourth-order valence-electron chi connectivity index (χ4n) is 1.15. The number of hydrogen-bond donors (Lipinski definition) is 2. The van der Waals surface area contributed by atoms with Gasteiger partial charge in [-0.2, -0.15) is 0 Å². The van der Waals surface area contributed by atoms with Crippen molar-refractivity contribution in [2.45, 2.75) is 25.9 Å². The lowest BCUT2D eigenvalue weighted by Gasteiger charge is -2.18. The number of phenolic OH excluding ortho intramolecular Hbond substituents is 1. The summed E-state index contributed by atoms with van der Waals surface area (Å²) in [6.07, 6.45) is 0.346. The molecule has 0 atom stereocenters. The summed E-state index contributed by atoms with van der Waals surface area (Å²) in [4.78, 5) is 0. The van der Waals surface area contributed by atoms with Crippen molar-refractivity contribution in [3.8, 4) is 5.75 Å². The minimum atomic E-state index is -0.859. The molecule has 0 bridgehead atoms. The Balaban J connectivity index is 3.00. The summed E-state index contributed by atoms with van der Waals surface area (Å²) in [6, 6.07) is 4.93. The van der Waals surface area contributed by atoms with Gasteiger partial charge in [-0.1, -0.05) is 17.7 Å². The van der Waals surface area contributed by atoms with Gasteiger partial charge in [0.2, 0.25) is 0 Å². The minimum Gasteiger partial charge on any atom is -0.508 e. The summed E-state index contributed by atoms with van der Waals surface area (Å²) >= 11 is 5.86. The van der Waals surface area contributed by atoms with Gasteiger partial charge in [0.1, 0.15) is 5.75 Å². The molecule has 2 nitrogen and oxygen atoms in total. The molecule has 0 aromatic heterocycles. The van der Waals surface area contributed by atoms with E-state index in [-0.39, 0.29) is 5.75 Å². The number of hydrogen-bond acceptors (Lipinski definition) is 2. The van der Waals surface area contributed by atoms with Gasteiger partial charge in [0, 0.05) is 17.0 Å². The van der Waals surface area contributed by atoms with E-state index in [0.717, 1.165) is 0 Å². The number of rotatable bonds is 2. The first kappa shape index (κ1) is 10.4. The van der Waals surface area contributed by atoms with Crippen molar-refractivity contribution in [2.24, 2.45) is 0 Å². The van der Waals surface area contributed by atoms with Crippen LogP contribution in [0.25, 0.3) is 0 Å². The van der Waals surface area contributed by atoms with Gasteiger partial charge in [0.25, 0.3) is 0 Å². The number of aliphatic hydroxyl groups is 1. The lowest BCUT2D eigenvalue weighted by molar-refractivity contribution is 0.0803. The van der Waals surface area contributed by atoms with Crippen LogP contribution in [0.1, 0.15) is 19.4 Å². The Hall–Kier alpha value is -0.730.